The van der Waals surface area contributed by atoms with E-state index in [9.17, 15) is 9.18 Å². The maximum absolute atomic E-state index is 13.4. The van der Waals surface area contributed by atoms with Gasteiger partial charge in [0.05, 0.1) is 11.0 Å². The Bertz CT molecular complexity index is 953. The number of amides is 1. The van der Waals surface area contributed by atoms with Crippen molar-refractivity contribution >= 4 is 28.4 Å². The molecule has 5 nitrogen and oxygen atoms in total. The zero-order valence-corrected chi connectivity index (χ0v) is 14.3. The Kier molecular flexibility index (Phi) is 4.48. The first kappa shape index (κ1) is 16.4. The van der Waals surface area contributed by atoms with Crippen molar-refractivity contribution in [2.75, 3.05) is 23.3 Å². The Morgan fingerprint density at radius 1 is 0.962 bits per heavy atom. The van der Waals surface area contributed by atoms with Crippen molar-refractivity contribution in [3.8, 4) is 0 Å². The van der Waals surface area contributed by atoms with Crippen LogP contribution in [0.15, 0.2) is 48.5 Å². The van der Waals surface area contributed by atoms with Crippen LogP contribution in [0.1, 0.15) is 29.8 Å². The summed E-state index contributed by atoms with van der Waals surface area (Å²) in [6.07, 6.45) is 3.32. The molecule has 0 unspecified atom stereocenters. The minimum Gasteiger partial charge on any atom is -0.355 e. The second kappa shape index (κ2) is 7.07. The van der Waals surface area contributed by atoms with E-state index in [4.69, 9.17) is 4.98 Å². The molecule has 2 aromatic carbocycles. The smallest absolute Gasteiger partial charge is 0.278 e. The predicted molar refractivity (Wildman–Crippen MR) is 100.0 cm³/mol. The molecule has 1 aliphatic rings. The van der Waals surface area contributed by atoms with Crippen molar-refractivity contribution in [1.29, 1.82) is 0 Å². The summed E-state index contributed by atoms with van der Waals surface area (Å²) in [5, 5.41) is 2.74. The number of carbonyl (C=O) groups is 1. The number of hydrogen-bond acceptors (Lipinski definition) is 4. The zero-order valence-electron chi connectivity index (χ0n) is 14.3. The van der Waals surface area contributed by atoms with E-state index in [0.29, 0.717) is 17.0 Å². The lowest BCUT2D eigenvalue weighted by atomic mass is 10.1. The van der Waals surface area contributed by atoms with Gasteiger partial charge in [0.25, 0.3) is 5.91 Å². The molecule has 2 heterocycles. The van der Waals surface area contributed by atoms with Crippen molar-refractivity contribution < 1.29 is 9.18 Å². The highest BCUT2D eigenvalue weighted by Gasteiger charge is 2.23. The van der Waals surface area contributed by atoms with Crippen LogP contribution in [-0.2, 0) is 0 Å². The van der Waals surface area contributed by atoms with Crippen LogP contribution < -0.4 is 10.2 Å². The Hall–Kier alpha value is -3.02. The second-order valence-electron chi connectivity index (χ2n) is 6.40. The summed E-state index contributed by atoms with van der Waals surface area (Å²) in [4.78, 5) is 24.3. The van der Waals surface area contributed by atoms with Crippen LogP contribution in [0, 0.1) is 5.82 Å². The fraction of sp³-hybridized carbons (Fsp3) is 0.250. The summed E-state index contributed by atoms with van der Waals surface area (Å²) in [5.74, 6) is -0.185. The summed E-state index contributed by atoms with van der Waals surface area (Å²) in [6, 6.07) is 13.3. The number of rotatable bonds is 3. The number of halogens is 1. The molecule has 1 aliphatic heterocycles. The van der Waals surface area contributed by atoms with E-state index >= 15 is 0 Å². The largest absolute Gasteiger partial charge is 0.355 e. The minimum atomic E-state index is -0.399. The Labute approximate surface area is 150 Å². The van der Waals surface area contributed by atoms with E-state index < -0.39 is 5.82 Å². The maximum atomic E-state index is 13.4. The third kappa shape index (κ3) is 3.35. The van der Waals surface area contributed by atoms with E-state index in [-0.39, 0.29) is 11.6 Å². The lowest BCUT2D eigenvalue weighted by molar-refractivity contribution is 0.102. The van der Waals surface area contributed by atoms with Gasteiger partial charge in [-0.2, -0.15) is 0 Å². The predicted octanol–water partition coefficient (Wildman–Crippen LogP) is 4.01. The van der Waals surface area contributed by atoms with Gasteiger partial charge in [-0.3, -0.25) is 4.79 Å². The standard InChI is InChI=1S/C20H19FN4O/c21-14-7-6-8-15(13-14)22-20(26)18-19(25-11-4-1-5-12-25)24-17-10-3-2-9-16(17)23-18/h2-3,6-10,13H,1,4-5,11-12H2,(H,22,26). The van der Waals surface area contributed by atoms with E-state index in [1.165, 1.54) is 18.6 Å². The van der Waals surface area contributed by atoms with E-state index in [1.54, 1.807) is 12.1 Å². The average Bonchev–Trinajstić information content (AvgIpc) is 2.67. The van der Waals surface area contributed by atoms with Gasteiger partial charge in [0.2, 0.25) is 0 Å². The zero-order chi connectivity index (χ0) is 17.9. The lowest BCUT2D eigenvalue weighted by Gasteiger charge is -2.29. The van der Waals surface area contributed by atoms with E-state index in [2.05, 4.69) is 15.2 Å². The first-order chi connectivity index (χ1) is 12.7. The summed E-state index contributed by atoms with van der Waals surface area (Å²) in [6.45, 7) is 1.71. The minimum absolute atomic E-state index is 0.273. The van der Waals surface area contributed by atoms with E-state index in [0.717, 1.165) is 31.4 Å². The number of nitrogens with zero attached hydrogens (tertiary/aromatic N) is 3. The molecule has 0 spiro atoms. The summed E-state index contributed by atoms with van der Waals surface area (Å²) in [7, 11) is 0. The molecule has 4 rings (SSSR count). The van der Waals surface area contributed by atoms with Crippen LogP contribution in [0.25, 0.3) is 11.0 Å². The van der Waals surface area contributed by atoms with Crippen molar-refractivity contribution in [1.82, 2.24) is 9.97 Å². The normalized spacial score (nSPS) is 14.4. The van der Waals surface area contributed by atoms with Gasteiger partial charge in [0, 0.05) is 18.8 Å². The molecule has 1 saturated heterocycles. The molecule has 0 aliphatic carbocycles. The third-order valence-corrected chi connectivity index (χ3v) is 4.51. The van der Waals surface area contributed by atoms with Crippen molar-refractivity contribution in [3.05, 3.63) is 60.0 Å². The third-order valence-electron chi connectivity index (χ3n) is 4.51. The van der Waals surface area contributed by atoms with Gasteiger partial charge in [-0.05, 0) is 49.6 Å². The van der Waals surface area contributed by atoms with Crippen molar-refractivity contribution in [2.24, 2.45) is 0 Å². The fourth-order valence-electron chi connectivity index (χ4n) is 3.23. The average molecular weight is 350 g/mol. The number of hydrogen-bond donors (Lipinski definition) is 1. The Morgan fingerprint density at radius 3 is 2.42 bits per heavy atom. The molecule has 3 aromatic rings. The molecule has 1 fully saturated rings. The van der Waals surface area contributed by atoms with Crippen LogP contribution in [0.4, 0.5) is 15.9 Å². The quantitative estimate of drug-likeness (QED) is 0.775. The molecule has 0 atom stereocenters. The number of nitrogens with one attached hydrogen (secondary N) is 1. The van der Waals surface area contributed by atoms with Crippen LogP contribution in [0.3, 0.4) is 0 Å². The van der Waals surface area contributed by atoms with Gasteiger partial charge in [0.1, 0.15) is 5.82 Å². The molecule has 0 saturated carbocycles. The van der Waals surface area contributed by atoms with Gasteiger partial charge >= 0.3 is 0 Å². The number of piperidine rings is 1. The summed E-state index contributed by atoms with van der Waals surface area (Å²) >= 11 is 0. The van der Waals surface area contributed by atoms with Crippen LogP contribution in [0.2, 0.25) is 0 Å². The van der Waals surface area contributed by atoms with E-state index in [1.807, 2.05) is 24.3 Å². The van der Waals surface area contributed by atoms with Gasteiger partial charge in [0.15, 0.2) is 11.5 Å². The highest BCUT2D eigenvalue weighted by atomic mass is 19.1. The van der Waals surface area contributed by atoms with Crippen LogP contribution in [-0.4, -0.2) is 29.0 Å². The second-order valence-corrected chi connectivity index (χ2v) is 6.40. The fourth-order valence-corrected chi connectivity index (χ4v) is 3.23. The molecule has 6 heteroatoms. The monoisotopic (exact) mass is 350 g/mol. The van der Waals surface area contributed by atoms with Gasteiger partial charge < -0.3 is 10.2 Å². The maximum Gasteiger partial charge on any atom is 0.278 e. The number of aromatic nitrogens is 2. The van der Waals surface area contributed by atoms with Crippen molar-refractivity contribution in [2.45, 2.75) is 19.3 Å². The topological polar surface area (TPSA) is 58.1 Å². The number of carbonyl (C=O) groups excluding carboxylic acids is 1. The molecule has 1 amide bonds. The number of fused-ring (bicyclic) bond motifs is 1. The number of anilines is 2. The van der Waals surface area contributed by atoms with Crippen LogP contribution in [0.5, 0.6) is 0 Å². The van der Waals surface area contributed by atoms with Gasteiger partial charge in [-0.15, -0.1) is 0 Å². The Balaban J connectivity index is 1.74. The van der Waals surface area contributed by atoms with Crippen LogP contribution >= 0.6 is 0 Å². The first-order valence-corrected chi connectivity index (χ1v) is 8.79. The molecule has 1 aromatic heterocycles. The molecular weight excluding hydrogens is 331 g/mol. The molecule has 0 bridgehead atoms. The highest BCUT2D eigenvalue weighted by Crippen LogP contribution is 2.25. The van der Waals surface area contributed by atoms with Gasteiger partial charge in [-0.25, -0.2) is 14.4 Å². The summed E-state index contributed by atoms with van der Waals surface area (Å²) in [5.41, 5.74) is 2.09. The molecule has 1 N–H and O–H groups in total. The number of benzene rings is 2. The molecule has 132 valence electrons. The Morgan fingerprint density at radius 2 is 1.69 bits per heavy atom. The summed E-state index contributed by atoms with van der Waals surface area (Å²) < 4.78 is 13.4. The lowest BCUT2D eigenvalue weighted by Crippen LogP contribution is -2.33. The van der Waals surface area contributed by atoms with Crippen molar-refractivity contribution in [3.63, 3.8) is 0 Å². The molecular formula is C20H19FN4O. The van der Waals surface area contributed by atoms with Gasteiger partial charge in [-0.1, -0.05) is 18.2 Å². The first-order valence-electron chi connectivity index (χ1n) is 8.79. The molecule has 26 heavy (non-hydrogen) atoms. The highest BCUT2D eigenvalue weighted by molar-refractivity contribution is 6.07. The number of para-hydroxylation sites is 2. The SMILES string of the molecule is O=C(Nc1cccc(F)c1)c1nc2ccccc2nc1N1CCCCC1. The molecule has 0 radical (unpaired) electrons.